The zero-order chi connectivity index (χ0) is 11.6. The Balaban J connectivity index is 1.78. The van der Waals surface area contributed by atoms with Crippen molar-refractivity contribution in [2.45, 2.75) is 59.0 Å². The lowest BCUT2D eigenvalue weighted by atomic mass is 9.75. The predicted molar refractivity (Wildman–Crippen MR) is 66.3 cm³/mol. The normalized spacial score (nSPS) is 21.2. The van der Waals surface area contributed by atoms with Crippen molar-refractivity contribution in [3.05, 3.63) is 23.7 Å². The molecule has 2 rings (SSSR count). The van der Waals surface area contributed by atoms with E-state index in [1.165, 1.54) is 31.2 Å². The first-order chi connectivity index (χ1) is 7.57. The maximum atomic E-state index is 5.43. The summed E-state index contributed by atoms with van der Waals surface area (Å²) < 4.78 is 5.43. The molecule has 0 radical (unpaired) electrons. The second-order valence-corrected chi connectivity index (χ2v) is 5.85. The average molecular weight is 221 g/mol. The molecule has 0 atom stereocenters. The first kappa shape index (κ1) is 11.7. The van der Waals surface area contributed by atoms with Gasteiger partial charge >= 0.3 is 0 Å². The summed E-state index contributed by atoms with van der Waals surface area (Å²) in [6.07, 6.45) is 7.04. The Hall–Kier alpha value is -0.760. The summed E-state index contributed by atoms with van der Waals surface area (Å²) in [6, 6.07) is 2.71. The van der Waals surface area contributed by atoms with Crippen LogP contribution in [0.2, 0.25) is 0 Å². The summed E-state index contributed by atoms with van der Waals surface area (Å²) in [5.74, 6) is 1.09. The van der Waals surface area contributed by atoms with Gasteiger partial charge in [-0.2, -0.15) is 0 Å². The zero-order valence-electron chi connectivity index (χ0n) is 10.7. The molecule has 1 aliphatic carbocycles. The van der Waals surface area contributed by atoms with Crippen LogP contribution in [0.5, 0.6) is 0 Å². The zero-order valence-corrected chi connectivity index (χ0v) is 10.7. The largest absolute Gasteiger partial charge is 0.468 e. The summed E-state index contributed by atoms with van der Waals surface area (Å²) in [5, 5.41) is 3.61. The maximum Gasteiger partial charge on any atom is 0.120 e. The molecule has 0 aromatic carbocycles. The summed E-state index contributed by atoms with van der Waals surface area (Å²) in [7, 11) is 0. The molecule has 1 saturated carbocycles. The van der Waals surface area contributed by atoms with Gasteiger partial charge in [0.1, 0.15) is 5.76 Å². The molecular weight excluding hydrogens is 198 g/mol. The van der Waals surface area contributed by atoms with Crippen LogP contribution in [-0.2, 0) is 6.54 Å². The topological polar surface area (TPSA) is 25.2 Å². The standard InChI is InChI=1S/C14H23NO/c1-11-6-9-16-13(11)10-15-12-4-7-14(2,3)8-5-12/h6,9,12,15H,4-5,7-8,10H2,1-3H3. The van der Waals surface area contributed by atoms with E-state index in [4.69, 9.17) is 4.42 Å². The van der Waals surface area contributed by atoms with E-state index in [2.05, 4.69) is 26.1 Å². The Kier molecular flexibility index (Phi) is 3.38. The fourth-order valence-electron chi connectivity index (χ4n) is 2.43. The fourth-order valence-corrected chi connectivity index (χ4v) is 2.43. The molecule has 2 heteroatoms. The number of nitrogens with one attached hydrogen (secondary N) is 1. The number of furan rings is 1. The van der Waals surface area contributed by atoms with Crippen molar-refractivity contribution in [1.82, 2.24) is 5.32 Å². The molecular formula is C14H23NO. The summed E-state index contributed by atoms with van der Waals surface area (Å²) >= 11 is 0. The van der Waals surface area contributed by atoms with Crippen molar-refractivity contribution in [1.29, 1.82) is 0 Å². The smallest absolute Gasteiger partial charge is 0.120 e. The van der Waals surface area contributed by atoms with Crippen LogP contribution >= 0.6 is 0 Å². The van der Waals surface area contributed by atoms with E-state index in [9.17, 15) is 0 Å². The number of aryl methyl sites for hydroxylation is 1. The molecule has 1 aliphatic rings. The van der Waals surface area contributed by atoms with Gasteiger partial charge in [-0.1, -0.05) is 13.8 Å². The molecule has 0 aliphatic heterocycles. The first-order valence-electron chi connectivity index (χ1n) is 6.33. The van der Waals surface area contributed by atoms with Crippen molar-refractivity contribution in [2.24, 2.45) is 5.41 Å². The quantitative estimate of drug-likeness (QED) is 0.843. The highest BCUT2D eigenvalue weighted by atomic mass is 16.3. The van der Waals surface area contributed by atoms with Gasteiger partial charge in [-0.15, -0.1) is 0 Å². The highest BCUT2D eigenvalue weighted by Gasteiger charge is 2.26. The van der Waals surface area contributed by atoms with Crippen LogP contribution in [0.4, 0.5) is 0 Å². The lowest BCUT2D eigenvalue weighted by Crippen LogP contribution is -2.35. The highest BCUT2D eigenvalue weighted by molar-refractivity contribution is 5.14. The van der Waals surface area contributed by atoms with Gasteiger partial charge in [0.15, 0.2) is 0 Å². The molecule has 0 amide bonds. The number of hydrogen-bond acceptors (Lipinski definition) is 2. The van der Waals surface area contributed by atoms with Gasteiger partial charge in [0.05, 0.1) is 12.8 Å². The highest BCUT2D eigenvalue weighted by Crippen LogP contribution is 2.35. The van der Waals surface area contributed by atoms with E-state index in [1.807, 2.05) is 6.07 Å². The van der Waals surface area contributed by atoms with Crippen LogP contribution in [0.15, 0.2) is 16.7 Å². The molecule has 0 spiro atoms. The predicted octanol–water partition coefficient (Wildman–Crippen LogP) is 3.65. The van der Waals surface area contributed by atoms with Crippen LogP contribution in [-0.4, -0.2) is 6.04 Å². The monoisotopic (exact) mass is 221 g/mol. The van der Waals surface area contributed by atoms with Crippen LogP contribution in [0.25, 0.3) is 0 Å². The van der Waals surface area contributed by atoms with Crippen LogP contribution in [0, 0.1) is 12.3 Å². The Labute approximate surface area is 98.4 Å². The molecule has 1 fully saturated rings. The Morgan fingerprint density at radius 2 is 2.06 bits per heavy atom. The van der Waals surface area contributed by atoms with Crippen LogP contribution in [0.3, 0.4) is 0 Å². The van der Waals surface area contributed by atoms with Gasteiger partial charge in [-0.05, 0) is 49.7 Å². The first-order valence-corrected chi connectivity index (χ1v) is 6.33. The van der Waals surface area contributed by atoms with Gasteiger partial charge in [-0.3, -0.25) is 0 Å². The van der Waals surface area contributed by atoms with Crippen molar-refractivity contribution in [2.75, 3.05) is 0 Å². The van der Waals surface area contributed by atoms with Gasteiger partial charge in [0.25, 0.3) is 0 Å². The lowest BCUT2D eigenvalue weighted by Gasteiger charge is -2.34. The van der Waals surface area contributed by atoms with Crippen molar-refractivity contribution in [3.63, 3.8) is 0 Å². The molecule has 0 bridgehead atoms. The summed E-state index contributed by atoms with van der Waals surface area (Å²) in [6.45, 7) is 7.73. The third-order valence-corrected chi connectivity index (χ3v) is 3.86. The summed E-state index contributed by atoms with van der Waals surface area (Å²) in [5.41, 5.74) is 1.81. The van der Waals surface area contributed by atoms with Crippen LogP contribution in [0.1, 0.15) is 50.9 Å². The molecule has 0 saturated heterocycles. The van der Waals surface area contributed by atoms with E-state index in [1.54, 1.807) is 6.26 Å². The van der Waals surface area contributed by atoms with Crippen molar-refractivity contribution < 1.29 is 4.42 Å². The molecule has 90 valence electrons. The van der Waals surface area contributed by atoms with Gasteiger partial charge in [-0.25, -0.2) is 0 Å². The minimum Gasteiger partial charge on any atom is -0.468 e. The molecule has 1 aromatic heterocycles. The van der Waals surface area contributed by atoms with E-state index < -0.39 is 0 Å². The lowest BCUT2D eigenvalue weighted by molar-refractivity contribution is 0.204. The second kappa shape index (κ2) is 4.62. The molecule has 1 aromatic rings. The Morgan fingerprint density at radius 3 is 2.62 bits per heavy atom. The van der Waals surface area contributed by atoms with Crippen LogP contribution < -0.4 is 5.32 Å². The fraction of sp³-hybridized carbons (Fsp3) is 0.714. The average Bonchev–Trinajstić information content (AvgIpc) is 2.63. The van der Waals surface area contributed by atoms with Gasteiger partial charge < -0.3 is 9.73 Å². The molecule has 0 unspecified atom stereocenters. The minimum absolute atomic E-state index is 0.554. The van der Waals surface area contributed by atoms with E-state index in [0.29, 0.717) is 11.5 Å². The third-order valence-electron chi connectivity index (χ3n) is 3.86. The molecule has 16 heavy (non-hydrogen) atoms. The SMILES string of the molecule is Cc1ccoc1CNC1CCC(C)(C)CC1. The second-order valence-electron chi connectivity index (χ2n) is 5.85. The van der Waals surface area contributed by atoms with Crippen molar-refractivity contribution >= 4 is 0 Å². The molecule has 2 nitrogen and oxygen atoms in total. The summed E-state index contributed by atoms with van der Waals surface area (Å²) in [4.78, 5) is 0. The third kappa shape index (κ3) is 2.88. The Bertz CT molecular complexity index is 330. The van der Waals surface area contributed by atoms with E-state index in [0.717, 1.165) is 12.3 Å². The van der Waals surface area contributed by atoms with E-state index >= 15 is 0 Å². The number of rotatable bonds is 3. The van der Waals surface area contributed by atoms with Gasteiger partial charge in [0.2, 0.25) is 0 Å². The number of hydrogen-bond donors (Lipinski definition) is 1. The van der Waals surface area contributed by atoms with E-state index in [-0.39, 0.29) is 0 Å². The maximum absolute atomic E-state index is 5.43. The molecule has 1 N–H and O–H groups in total. The molecule has 1 heterocycles. The Morgan fingerprint density at radius 1 is 1.38 bits per heavy atom. The van der Waals surface area contributed by atoms with Crippen molar-refractivity contribution in [3.8, 4) is 0 Å². The minimum atomic E-state index is 0.554. The van der Waals surface area contributed by atoms with Gasteiger partial charge in [0, 0.05) is 6.04 Å².